The van der Waals surface area contributed by atoms with Crippen LogP contribution in [0.5, 0.6) is 0 Å². The highest BCUT2D eigenvalue weighted by Gasteiger charge is 2.12. The standard InChI is InChI=1S/C17H20BrN/c1-2-19-13-16(11-14-7-4-3-5-8-14)15-9-6-10-17(18)12-15/h3-10,12,16,19H,2,11,13H2,1H3. The molecule has 0 spiro atoms. The zero-order chi connectivity index (χ0) is 13.5. The van der Waals surface area contributed by atoms with Gasteiger partial charge in [0, 0.05) is 16.9 Å². The molecule has 0 aliphatic rings. The third-order valence-corrected chi connectivity index (χ3v) is 3.78. The number of hydrogen-bond acceptors (Lipinski definition) is 1. The molecule has 0 aliphatic heterocycles. The first-order valence-electron chi connectivity index (χ1n) is 6.79. The van der Waals surface area contributed by atoms with Crippen LogP contribution < -0.4 is 5.32 Å². The van der Waals surface area contributed by atoms with E-state index < -0.39 is 0 Å². The van der Waals surface area contributed by atoms with E-state index in [-0.39, 0.29) is 0 Å². The summed E-state index contributed by atoms with van der Waals surface area (Å²) < 4.78 is 1.15. The van der Waals surface area contributed by atoms with Crippen molar-refractivity contribution < 1.29 is 0 Å². The number of halogens is 1. The van der Waals surface area contributed by atoms with E-state index >= 15 is 0 Å². The second kappa shape index (κ2) is 7.46. The van der Waals surface area contributed by atoms with Gasteiger partial charge in [-0.05, 0) is 36.2 Å². The van der Waals surface area contributed by atoms with Gasteiger partial charge in [-0.15, -0.1) is 0 Å². The molecule has 1 nitrogen and oxygen atoms in total. The predicted molar refractivity (Wildman–Crippen MR) is 85.6 cm³/mol. The van der Waals surface area contributed by atoms with E-state index in [1.807, 2.05) is 0 Å². The average molecular weight is 318 g/mol. The monoisotopic (exact) mass is 317 g/mol. The van der Waals surface area contributed by atoms with Gasteiger partial charge in [-0.2, -0.15) is 0 Å². The minimum atomic E-state index is 0.514. The van der Waals surface area contributed by atoms with Crippen LogP contribution in [0.15, 0.2) is 59.1 Å². The highest BCUT2D eigenvalue weighted by atomic mass is 79.9. The van der Waals surface area contributed by atoms with Gasteiger partial charge in [0.25, 0.3) is 0 Å². The first kappa shape index (κ1) is 14.3. The maximum atomic E-state index is 3.56. The van der Waals surface area contributed by atoms with Gasteiger partial charge in [0.05, 0.1) is 0 Å². The minimum Gasteiger partial charge on any atom is -0.316 e. The Bertz CT molecular complexity index is 496. The zero-order valence-electron chi connectivity index (χ0n) is 11.3. The van der Waals surface area contributed by atoms with Crippen molar-refractivity contribution in [1.29, 1.82) is 0 Å². The SMILES string of the molecule is CCNCC(Cc1ccccc1)c1cccc(Br)c1. The Kier molecular flexibility index (Phi) is 5.62. The molecule has 0 aromatic heterocycles. The van der Waals surface area contributed by atoms with Crippen molar-refractivity contribution in [2.75, 3.05) is 13.1 Å². The summed E-state index contributed by atoms with van der Waals surface area (Å²) in [7, 11) is 0. The highest BCUT2D eigenvalue weighted by molar-refractivity contribution is 9.10. The summed E-state index contributed by atoms with van der Waals surface area (Å²) in [6.45, 7) is 4.18. The molecule has 1 unspecified atom stereocenters. The van der Waals surface area contributed by atoms with Gasteiger partial charge < -0.3 is 5.32 Å². The molecule has 100 valence electrons. The molecule has 0 amide bonds. The second-order valence-corrected chi connectivity index (χ2v) is 5.67. The van der Waals surface area contributed by atoms with Crippen molar-refractivity contribution in [2.45, 2.75) is 19.3 Å². The molecule has 2 heteroatoms. The minimum absolute atomic E-state index is 0.514. The molecule has 0 bridgehead atoms. The van der Waals surface area contributed by atoms with E-state index in [0.717, 1.165) is 24.0 Å². The van der Waals surface area contributed by atoms with Crippen molar-refractivity contribution in [3.63, 3.8) is 0 Å². The Hall–Kier alpha value is -1.12. The maximum absolute atomic E-state index is 3.56. The number of hydrogen-bond donors (Lipinski definition) is 1. The molecule has 0 saturated carbocycles. The predicted octanol–water partition coefficient (Wildman–Crippen LogP) is 4.38. The van der Waals surface area contributed by atoms with E-state index in [1.54, 1.807) is 0 Å². The Labute approximate surface area is 124 Å². The zero-order valence-corrected chi connectivity index (χ0v) is 12.9. The summed E-state index contributed by atoms with van der Waals surface area (Å²) in [5.74, 6) is 0.514. The first-order valence-corrected chi connectivity index (χ1v) is 7.59. The summed E-state index contributed by atoms with van der Waals surface area (Å²) in [6, 6.07) is 19.3. The molecule has 2 aromatic rings. The summed E-state index contributed by atoms with van der Waals surface area (Å²) >= 11 is 3.56. The third kappa shape index (κ3) is 4.48. The Morgan fingerprint density at radius 3 is 2.53 bits per heavy atom. The fourth-order valence-electron chi connectivity index (χ4n) is 2.29. The Balaban J connectivity index is 2.16. The molecule has 1 atom stereocenters. The van der Waals surface area contributed by atoms with Crippen LogP contribution in [0, 0.1) is 0 Å². The number of benzene rings is 2. The Morgan fingerprint density at radius 2 is 1.84 bits per heavy atom. The lowest BCUT2D eigenvalue weighted by Crippen LogP contribution is -2.22. The molecule has 19 heavy (non-hydrogen) atoms. The van der Waals surface area contributed by atoms with Crippen LogP contribution in [-0.4, -0.2) is 13.1 Å². The summed E-state index contributed by atoms with van der Waals surface area (Å²) in [6.07, 6.45) is 1.07. The highest BCUT2D eigenvalue weighted by Crippen LogP contribution is 2.23. The molecule has 2 aromatic carbocycles. The quantitative estimate of drug-likeness (QED) is 0.833. The third-order valence-electron chi connectivity index (χ3n) is 3.29. The van der Waals surface area contributed by atoms with Gasteiger partial charge in [0.1, 0.15) is 0 Å². The lowest BCUT2D eigenvalue weighted by Gasteiger charge is -2.18. The van der Waals surface area contributed by atoms with Crippen molar-refractivity contribution in [3.05, 3.63) is 70.2 Å². The molecule has 0 aliphatic carbocycles. The van der Waals surface area contributed by atoms with Gasteiger partial charge in [0.15, 0.2) is 0 Å². The fourth-order valence-corrected chi connectivity index (χ4v) is 2.70. The van der Waals surface area contributed by atoms with Crippen LogP contribution in [0.3, 0.4) is 0 Å². The average Bonchev–Trinajstić information content (AvgIpc) is 2.44. The topological polar surface area (TPSA) is 12.0 Å². The summed E-state index contributed by atoms with van der Waals surface area (Å²) in [5, 5.41) is 3.47. The first-order chi connectivity index (χ1) is 9.29. The molecule has 2 rings (SSSR count). The second-order valence-electron chi connectivity index (χ2n) is 4.75. The van der Waals surface area contributed by atoms with Crippen molar-refractivity contribution >= 4 is 15.9 Å². The molecular formula is C17H20BrN. The number of rotatable bonds is 6. The van der Waals surface area contributed by atoms with Gasteiger partial charge in [-0.25, -0.2) is 0 Å². The van der Waals surface area contributed by atoms with Crippen molar-refractivity contribution in [3.8, 4) is 0 Å². The van der Waals surface area contributed by atoms with Crippen LogP contribution in [0.1, 0.15) is 24.0 Å². The van der Waals surface area contributed by atoms with Crippen LogP contribution in [0.4, 0.5) is 0 Å². The van der Waals surface area contributed by atoms with Crippen LogP contribution in [0.2, 0.25) is 0 Å². The molecule has 0 radical (unpaired) electrons. The van der Waals surface area contributed by atoms with Gasteiger partial charge >= 0.3 is 0 Å². The summed E-state index contributed by atoms with van der Waals surface area (Å²) in [4.78, 5) is 0. The lowest BCUT2D eigenvalue weighted by molar-refractivity contribution is 0.595. The smallest absolute Gasteiger partial charge is 0.0178 e. The fraction of sp³-hybridized carbons (Fsp3) is 0.294. The van der Waals surface area contributed by atoms with Crippen molar-refractivity contribution in [2.24, 2.45) is 0 Å². The molecular weight excluding hydrogens is 298 g/mol. The van der Waals surface area contributed by atoms with E-state index in [1.165, 1.54) is 11.1 Å². The van der Waals surface area contributed by atoms with E-state index in [0.29, 0.717) is 5.92 Å². The molecule has 0 heterocycles. The normalized spacial score (nSPS) is 12.3. The van der Waals surface area contributed by atoms with Crippen LogP contribution in [-0.2, 0) is 6.42 Å². The van der Waals surface area contributed by atoms with E-state index in [4.69, 9.17) is 0 Å². The van der Waals surface area contributed by atoms with E-state index in [9.17, 15) is 0 Å². The number of nitrogens with one attached hydrogen (secondary N) is 1. The van der Waals surface area contributed by atoms with Gasteiger partial charge in [-0.1, -0.05) is 65.3 Å². The number of likely N-dealkylation sites (N-methyl/N-ethyl adjacent to an activating group) is 1. The van der Waals surface area contributed by atoms with Crippen molar-refractivity contribution in [1.82, 2.24) is 5.32 Å². The maximum Gasteiger partial charge on any atom is 0.0178 e. The molecule has 0 fully saturated rings. The summed E-state index contributed by atoms with van der Waals surface area (Å²) in [5.41, 5.74) is 2.78. The van der Waals surface area contributed by atoms with Crippen LogP contribution in [0.25, 0.3) is 0 Å². The van der Waals surface area contributed by atoms with Gasteiger partial charge in [0.2, 0.25) is 0 Å². The molecule has 1 N–H and O–H groups in total. The Morgan fingerprint density at radius 1 is 1.05 bits per heavy atom. The van der Waals surface area contributed by atoms with Crippen LogP contribution >= 0.6 is 15.9 Å². The van der Waals surface area contributed by atoms with Gasteiger partial charge in [-0.3, -0.25) is 0 Å². The lowest BCUT2D eigenvalue weighted by atomic mass is 9.92. The largest absolute Gasteiger partial charge is 0.316 e. The molecule has 0 saturated heterocycles. The van der Waals surface area contributed by atoms with E-state index in [2.05, 4.69) is 82.8 Å².